The predicted octanol–water partition coefficient (Wildman–Crippen LogP) is -0.576. The molecule has 0 aromatic carbocycles. The number of nitrogens with two attached hydrogens (primary N) is 2. The topological polar surface area (TPSA) is 229 Å². The molecule has 0 aromatic heterocycles. The Morgan fingerprint density at radius 1 is 1.17 bits per heavy atom. The van der Waals surface area contributed by atoms with E-state index in [1.165, 1.54) is 0 Å². The SMILES string of the molecule is CC(C)[C@H](N)C(=O)NC[C@@H]1CC[C@@H](CCB2OC(=O)CC(CC(=O)O)(C(=O)O)O2)C[C@]1(N)C(=O)O. The summed E-state index contributed by atoms with van der Waals surface area (Å²) in [6.45, 7) is 3.67. The number of carbonyl (C=O) groups is 5. The summed E-state index contributed by atoms with van der Waals surface area (Å²) in [5.74, 6) is -6.30. The van der Waals surface area contributed by atoms with Crippen molar-refractivity contribution in [1.29, 1.82) is 0 Å². The third kappa shape index (κ3) is 6.92. The molecule has 8 N–H and O–H groups in total. The number of amides is 1. The van der Waals surface area contributed by atoms with Gasteiger partial charge < -0.3 is 41.4 Å². The van der Waals surface area contributed by atoms with Crippen molar-refractivity contribution in [2.75, 3.05) is 6.54 Å². The fourth-order valence-electron chi connectivity index (χ4n) is 4.66. The van der Waals surface area contributed by atoms with Gasteiger partial charge in [-0.3, -0.25) is 19.2 Å². The Morgan fingerprint density at radius 3 is 2.37 bits per heavy atom. The molecule has 1 heterocycles. The fourth-order valence-corrected chi connectivity index (χ4v) is 4.66. The Bertz CT molecular complexity index is 851. The van der Waals surface area contributed by atoms with Gasteiger partial charge in [0.2, 0.25) is 5.91 Å². The highest BCUT2D eigenvalue weighted by Gasteiger charge is 2.52. The van der Waals surface area contributed by atoms with Crippen LogP contribution in [0, 0.1) is 17.8 Å². The Morgan fingerprint density at radius 2 is 1.83 bits per heavy atom. The largest absolute Gasteiger partial charge is 0.528 e. The van der Waals surface area contributed by atoms with E-state index in [1.54, 1.807) is 13.8 Å². The number of carboxylic acids is 3. The maximum absolute atomic E-state index is 12.2. The lowest BCUT2D eigenvalue weighted by Crippen LogP contribution is -2.60. The Kier molecular flexibility index (Phi) is 9.26. The van der Waals surface area contributed by atoms with Gasteiger partial charge >= 0.3 is 25.0 Å². The lowest BCUT2D eigenvalue weighted by molar-refractivity contribution is -0.174. The summed E-state index contributed by atoms with van der Waals surface area (Å²) in [5, 5.41) is 31.1. The van der Waals surface area contributed by atoms with Crippen LogP contribution in [-0.4, -0.2) is 75.9 Å². The summed E-state index contributed by atoms with van der Waals surface area (Å²) < 4.78 is 10.5. The second-order valence-corrected chi connectivity index (χ2v) is 9.87. The molecule has 35 heavy (non-hydrogen) atoms. The van der Waals surface area contributed by atoms with E-state index in [1.807, 2.05) is 0 Å². The van der Waals surface area contributed by atoms with Crippen LogP contribution in [0.2, 0.25) is 6.32 Å². The average Bonchev–Trinajstić information content (AvgIpc) is 2.75. The summed E-state index contributed by atoms with van der Waals surface area (Å²) in [4.78, 5) is 59.0. The van der Waals surface area contributed by atoms with Crippen LogP contribution in [0.4, 0.5) is 0 Å². The van der Waals surface area contributed by atoms with Crippen molar-refractivity contribution in [3.63, 3.8) is 0 Å². The van der Waals surface area contributed by atoms with Crippen LogP contribution in [0.5, 0.6) is 0 Å². The molecule has 0 bridgehead atoms. The van der Waals surface area contributed by atoms with E-state index < -0.39 is 66.9 Å². The molecule has 1 saturated heterocycles. The van der Waals surface area contributed by atoms with E-state index in [2.05, 4.69) is 5.32 Å². The minimum atomic E-state index is -2.22. The summed E-state index contributed by atoms with van der Waals surface area (Å²) in [5.41, 5.74) is 8.28. The summed E-state index contributed by atoms with van der Waals surface area (Å²) in [6, 6.07) is -0.722. The number of carbonyl (C=O) groups excluding carboxylic acids is 2. The quantitative estimate of drug-likeness (QED) is 0.196. The average molecular weight is 499 g/mol. The van der Waals surface area contributed by atoms with Gasteiger partial charge in [-0.05, 0) is 37.4 Å². The number of carboxylic acid groups (broad SMARTS) is 3. The van der Waals surface area contributed by atoms with Crippen LogP contribution in [0.3, 0.4) is 0 Å². The molecular formula is C21H34BN3O10. The summed E-state index contributed by atoms with van der Waals surface area (Å²) in [7, 11) is -1.28. The number of nitrogens with one attached hydrogen (secondary N) is 1. The molecule has 196 valence electrons. The van der Waals surface area contributed by atoms with Gasteiger partial charge in [-0.2, -0.15) is 0 Å². The molecular weight excluding hydrogens is 465 g/mol. The summed E-state index contributed by atoms with van der Waals surface area (Å²) in [6.07, 6.45) is -0.213. The van der Waals surface area contributed by atoms with E-state index in [4.69, 9.17) is 25.9 Å². The predicted molar refractivity (Wildman–Crippen MR) is 121 cm³/mol. The molecule has 1 aliphatic heterocycles. The maximum Gasteiger partial charge on any atom is 0.528 e. The highest BCUT2D eigenvalue weighted by molar-refractivity contribution is 6.48. The van der Waals surface area contributed by atoms with Gasteiger partial charge in [-0.25, -0.2) is 4.79 Å². The van der Waals surface area contributed by atoms with Crippen LogP contribution < -0.4 is 16.8 Å². The first-order chi connectivity index (χ1) is 16.2. The van der Waals surface area contributed by atoms with Crippen LogP contribution in [0.15, 0.2) is 0 Å². The lowest BCUT2D eigenvalue weighted by Gasteiger charge is -2.42. The van der Waals surface area contributed by atoms with Crippen molar-refractivity contribution in [2.45, 2.75) is 75.9 Å². The maximum atomic E-state index is 12.2. The molecule has 5 atom stereocenters. The standard InChI is InChI=1S/C21H34BN3O10/c1-11(2)16(23)17(29)25-10-13-4-3-12(7-21(13,24)19(32)33)5-6-22-34-15(28)9-20(35-22,18(30)31)8-14(26)27/h11-13,16H,3-10,23-24H2,1-2H3,(H,25,29)(H,26,27)(H,30,31)(H,32,33)/t12-,13-,16-,20?,21+/m0/s1. The van der Waals surface area contributed by atoms with Crippen molar-refractivity contribution in [2.24, 2.45) is 29.2 Å². The molecule has 1 aliphatic carbocycles. The highest BCUT2D eigenvalue weighted by Crippen LogP contribution is 2.39. The second-order valence-electron chi connectivity index (χ2n) is 9.87. The zero-order valence-electron chi connectivity index (χ0n) is 19.9. The molecule has 0 spiro atoms. The first-order valence-corrected chi connectivity index (χ1v) is 11.6. The first kappa shape index (κ1) is 28.5. The van der Waals surface area contributed by atoms with Gasteiger partial charge in [0, 0.05) is 12.5 Å². The molecule has 2 rings (SSSR count). The molecule has 2 fully saturated rings. The molecule has 1 amide bonds. The third-order valence-corrected chi connectivity index (χ3v) is 6.91. The van der Waals surface area contributed by atoms with E-state index in [-0.39, 0.29) is 37.0 Å². The molecule has 1 saturated carbocycles. The third-order valence-electron chi connectivity index (χ3n) is 6.91. The molecule has 1 unspecified atom stereocenters. The fraction of sp³-hybridized carbons (Fsp3) is 0.762. The molecule has 13 nitrogen and oxygen atoms in total. The van der Waals surface area contributed by atoms with E-state index in [0.717, 1.165) is 0 Å². The van der Waals surface area contributed by atoms with Gasteiger partial charge in [0.15, 0.2) is 5.60 Å². The first-order valence-electron chi connectivity index (χ1n) is 11.6. The van der Waals surface area contributed by atoms with Crippen molar-refractivity contribution in [1.82, 2.24) is 5.32 Å². The van der Waals surface area contributed by atoms with Gasteiger partial charge in [0.05, 0.1) is 18.9 Å². The Labute approximate surface area is 203 Å². The number of rotatable bonds is 11. The van der Waals surface area contributed by atoms with Crippen LogP contribution >= 0.6 is 0 Å². The van der Waals surface area contributed by atoms with Crippen molar-refractivity contribution in [3.05, 3.63) is 0 Å². The van der Waals surface area contributed by atoms with Crippen LogP contribution in [0.25, 0.3) is 0 Å². The van der Waals surface area contributed by atoms with Gasteiger partial charge in [0.25, 0.3) is 5.97 Å². The minimum absolute atomic E-state index is 0.0470. The number of hydrogen-bond acceptors (Lipinski definition) is 9. The Hall–Kier alpha value is -2.71. The summed E-state index contributed by atoms with van der Waals surface area (Å²) >= 11 is 0. The molecule has 0 radical (unpaired) electrons. The zero-order chi connectivity index (χ0) is 26.6. The Balaban J connectivity index is 2.01. The number of aliphatic carboxylic acids is 3. The van der Waals surface area contributed by atoms with Crippen LogP contribution in [-0.2, 0) is 33.3 Å². The van der Waals surface area contributed by atoms with Crippen LogP contribution in [0.1, 0.15) is 52.4 Å². The van der Waals surface area contributed by atoms with Crippen molar-refractivity contribution >= 4 is 36.9 Å². The van der Waals surface area contributed by atoms with Gasteiger partial charge in [-0.15, -0.1) is 0 Å². The molecule has 2 aliphatic rings. The van der Waals surface area contributed by atoms with Crippen molar-refractivity contribution in [3.8, 4) is 0 Å². The van der Waals surface area contributed by atoms with E-state index >= 15 is 0 Å². The minimum Gasteiger partial charge on any atom is -0.509 e. The van der Waals surface area contributed by atoms with Gasteiger partial charge in [-0.1, -0.05) is 20.3 Å². The monoisotopic (exact) mass is 499 g/mol. The van der Waals surface area contributed by atoms with E-state index in [0.29, 0.717) is 19.3 Å². The molecule has 14 heteroatoms. The van der Waals surface area contributed by atoms with E-state index in [9.17, 15) is 34.2 Å². The highest BCUT2D eigenvalue weighted by atomic mass is 16.6. The molecule has 0 aromatic rings. The lowest BCUT2D eigenvalue weighted by atomic mass is 9.65. The number of hydrogen-bond donors (Lipinski definition) is 6. The normalized spacial score (nSPS) is 29.9. The smallest absolute Gasteiger partial charge is 0.509 e. The second kappa shape index (κ2) is 11.4. The van der Waals surface area contributed by atoms with Gasteiger partial charge in [0.1, 0.15) is 5.54 Å². The zero-order valence-corrected chi connectivity index (χ0v) is 19.9. The van der Waals surface area contributed by atoms with Crippen molar-refractivity contribution < 1.29 is 48.6 Å².